The largest absolute Gasteiger partial charge is 0.495 e. The second-order valence-corrected chi connectivity index (χ2v) is 6.65. The van der Waals surface area contributed by atoms with E-state index in [2.05, 4.69) is 5.32 Å². The Morgan fingerprint density at radius 3 is 2.32 bits per heavy atom. The number of nitrogens with zero attached hydrogens (tertiary/aromatic N) is 1. The van der Waals surface area contributed by atoms with Crippen molar-refractivity contribution in [3.8, 4) is 5.75 Å². The fourth-order valence-corrected chi connectivity index (χ4v) is 3.81. The van der Waals surface area contributed by atoms with E-state index in [0.29, 0.717) is 31.9 Å². The summed E-state index contributed by atoms with van der Waals surface area (Å²) in [6.45, 7) is 6.22. The SMILES string of the molecule is COc1cc(C)c(C)cc1S(=O)(=O)N1CCNCC1. The van der Waals surface area contributed by atoms with E-state index in [1.807, 2.05) is 13.8 Å². The van der Waals surface area contributed by atoms with Crippen molar-refractivity contribution in [3.63, 3.8) is 0 Å². The zero-order valence-electron chi connectivity index (χ0n) is 11.6. The van der Waals surface area contributed by atoms with Gasteiger partial charge in [-0.2, -0.15) is 4.31 Å². The van der Waals surface area contributed by atoms with Crippen LogP contribution in [0.2, 0.25) is 0 Å². The highest BCUT2D eigenvalue weighted by molar-refractivity contribution is 7.89. The quantitative estimate of drug-likeness (QED) is 0.896. The number of sulfonamides is 1. The molecule has 1 heterocycles. The summed E-state index contributed by atoms with van der Waals surface area (Å²) < 4.78 is 32.0. The van der Waals surface area contributed by atoms with E-state index >= 15 is 0 Å². The van der Waals surface area contributed by atoms with Crippen molar-refractivity contribution in [1.82, 2.24) is 9.62 Å². The van der Waals surface area contributed by atoms with Gasteiger partial charge in [0.1, 0.15) is 10.6 Å². The first-order valence-electron chi connectivity index (χ1n) is 6.33. The monoisotopic (exact) mass is 284 g/mol. The molecule has 19 heavy (non-hydrogen) atoms. The summed E-state index contributed by atoms with van der Waals surface area (Å²) >= 11 is 0. The number of methoxy groups -OCH3 is 1. The molecule has 0 saturated carbocycles. The maximum Gasteiger partial charge on any atom is 0.246 e. The fourth-order valence-electron chi connectivity index (χ4n) is 2.15. The molecule has 1 N–H and O–H groups in total. The lowest BCUT2D eigenvalue weighted by Gasteiger charge is -2.27. The molecule has 0 radical (unpaired) electrons. The number of rotatable bonds is 3. The van der Waals surface area contributed by atoms with Crippen molar-refractivity contribution in [2.75, 3.05) is 33.3 Å². The molecule has 0 aromatic heterocycles. The molecule has 0 aliphatic carbocycles. The van der Waals surface area contributed by atoms with Gasteiger partial charge in [-0.15, -0.1) is 0 Å². The molecule has 1 aliphatic rings. The van der Waals surface area contributed by atoms with Gasteiger partial charge in [0.15, 0.2) is 0 Å². The molecular weight excluding hydrogens is 264 g/mol. The van der Waals surface area contributed by atoms with Crippen molar-refractivity contribution in [2.45, 2.75) is 18.7 Å². The fraction of sp³-hybridized carbons (Fsp3) is 0.538. The Bertz CT molecular complexity index is 563. The van der Waals surface area contributed by atoms with Crippen molar-refractivity contribution in [1.29, 1.82) is 0 Å². The van der Waals surface area contributed by atoms with E-state index in [-0.39, 0.29) is 4.90 Å². The Labute approximate surface area is 114 Å². The van der Waals surface area contributed by atoms with Crippen LogP contribution in [0.4, 0.5) is 0 Å². The first kappa shape index (κ1) is 14.3. The van der Waals surface area contributed by atoms with E-state index in [0.717, 1.165) is 11.1 Å². The summed E-state index contributed by atoms with van der Waals surface area (Å²) in [4.78, 5) is 0.264. The molecule has 1 saturated heterocycles. The lowest BCUT2D eigenvalue weighted by Crippen LogP contribution is -2.46. The molecule has 0 unspecified atom stereocenters. The number of hydrogen-bond donors (Lipinski definition) is 1. The topological polar surface area (TPSA) is 58.6 Å². The Kier molecular flexibility index (Phi) is 4.13. The molecule has 0 amide bonds. The minimum Gasteiger partial charge on any atom is -0.495 e. The summed E-state index contributed by atoms with van der Waals surface area (Å²) in [5.41, 5.74) is 1.98. The zero-order chi connectivity index (χ0) is 14.0. The Hall–Kier alpha value is -1.11. The molecule has 6 heteroatoms. The van der Waals surface area contributed by atoms with Gasteiger partial charge in [0.2, 0.25) is 10.0 Å². The van der Waals surface area contributed by atoms with Crippen LogP contribution >= 0.6 is 0 Å². The number of aryl methyl sites for hydroxylation is 2. The summed E-state index contributed by atoms with van der Waals surface area (Å²) in [6, 6.07) is 3.48. The Morgan fingerprint density at radius 2 is 1.74 bits per heavy atom. The predicted octanol–water partition coefficient (Wildman–Crippen LogP) is 0.906. The van der Waals surface area contributed by atoms with Crippen molar-refractivity contribution < 1.29 is 13.2 Å². The van der Waals surface area contributed by atoms with Gasteiger partial charge in [-0.1, -0.05) is 0 Å². The van der Waals surface area contributed by atoms with Gasteiger partial charge in [0, 0.05) is 26.2 Å². The Balaban J connectivity index is 2.47. The standard InChI is InChI=1S/C13H20N2O3S/c1-10-8-12(18-3)13(9-11(10)2)19(16,17)15-6-4-14-5-7-15/h8-9,14H,4-7H2,1-3H3. The van der Waals surface area contributed by atoms with Crippen LogP contribution in [0.25, 0.3) is 0 Å². The molecule has 0 atom stereocenters. The van der Waals surface area contributed by atoms with Crippen LogP contribution in [0.3, 0.4) is 0 Å². The highest BCUT2D eigenvalue weighted by Gasteiger charge is 2.29. The smallest absolute Gasteiger partial charge is 0.246 e. The highest BCUT2D eigenvalue weighted by atomic mass is 32.2. The molecule has 1 aliphatic heterocycles. The van der Waals surface area contributed by atoms with Gasteiger partial charge in [-0.05, 0) is 37.1 Å². The third-order valence-corrected chi connectivity index (χ3v) is 5.39. The number of nitrogens with one attached hydrogen (secondary N) is 1. The van der Waals surface area contributed by atoms with E-state index in [1.54, 1.807) is 12.1 Å². The first-order chi connectivity index (χ1) is 8.96. The van der Waals surface area contributed by atoms with Crippen LogP contribution in [0.5, 0.6) is 5.75 Å². The molecule has 106 valence electrons. The minimum absolute atomic E-state index is 0.264. The maximum absolute atomic E-state index is 12.6. The minimum atomic E-state index is -3.48. The molecule has 0 spiro atoms. The molecular formula is C13H20N2O3S. The normalized spacial score (nSPS) is 17.4. The van der Waals surface area contributed by atoms with Crippen LogP contribution in [-0.2, 0) is 10.0 Å². The summed E-state index contributed by atoms with van der Waals surface area (Å²) in [7, 11) is -1.97. The number of ether oxygens (including phenoxy) is 1. The summed E-state index contributed by atoms with van der Waals surface area (Å²) in [5, 5.41) is 3.15. The van der Waals surface area contributed by atoms with Crippen LogP contribution in [0.15, 0.2) is 17.0 Å². The average molecular weight is 284 g/mol. The van der Waals surface area contributed by atoms with E-state index in [4.69, 9.17) is 4.74 Å². The Morgan fingerprint density at radius 1 is 1.16 bits per heavy atom. The van der Waals surface area contributed by atoms with E-state index in [1.165, 1.54) is 11.4 Å². The molecule has 2 rings (SSSR count). The molecule has 1 fully saturated rings. The van der Waals surface area contributed by atoms with Crippen LogP contribution in [0.1, 0.15) is 11.1 Å². The van der Waals surface area contributed by atoms with Crippen LogP contribution < -0.4 is 10.1 Å². The van der Waals surface area contributed by atoms with Crippen LogP contribution in [-0.4, -0.2) is 46.0 Å². The van der Waals surface area contributed by atoms with Gasteiger partial charge in [-0.25, -0.2) is 8.42 Å². The maximum atomic E-state index is 12.6. The van der Waals surface area contributed by atoms with Crippen molar-refractivity contribution in [3.05, 3.63) is 23.3 Å². The second kappa shape index (κ2) is 5.48. The summed E-state index contributed by atoms with van der Waals surface area (Å²) in [6.07, 6.45) is 0. The molecule has 1 aromatic rings. The van der Waals surface area contributed by atoms with E-state index in [9.17, 15) is 8.42 Å². The lowest BCUT2D eigenvalue weighted by atomic mass is 10.1. The number of benzene rings is 1. The third kappa shape index (κ3) is 2.75. The van der Waals surface area contributed by atoms with Gasteiger partial charge in [0.05, 0.1) is 7.11 Å². The van der Waals surface area contributed by atoms with Gasteiger partial charge in [-0.3, -0.25) is 0 Å². The summed E-state index contributed by atoms with van der Waals surface area (Å²) in [5.74, 6) is 0.418. The van der Waals surface area contributed by atoms with Crippen molar-refractivity contribution in [2.24, 2.45) is 0 Å². The van der Waals surface area contributed by atoms with Crippen molar-refractivity contribution >= 4 is 10.0 Å². The predicted molar refractivity (Wildman–Crippen MR) is 74.1 cm³/mol. The lowest BCUT2D eigenvalue weighted by molar-refractivity contribution is 0.355. The highest BCUT2D eigenvalue weighted by Crippen LogP contribution is 2.29. The van der Waals surface area contributed by atoms with Gasteiger partial charge < -0.3 is 10.1 Å². The molecule has 0 bridgehead atoms. The third-order valence-electron chi connectivity index (χ3n) is 3.47. The average Bonchev–Trinajstić information content (AvgIpc) is 2.42. The van der Waals surface area contributed by atoms with Crippen LogP contribution in [0, 0.1) is 13.8 Å². The number of piperazine rings is 1. The first-order valence-corrected chi connectivity index (χ1v) is 7.77. The van der Waals surface area contributed by atoms with Gasteiger partial charge >= 0.3 is 0 Å². The zero-order valence-corrected chi connectivity index (χ0v) is 12.4. The molecule has 5 nitrogen and oxygen atoms in total. The van der Waals surface area contributed by atoms with Gasteiger partial charge in [0.25, 0.3) is 0 Å². The second-order valence-electron chi connectivity index (χ2n) is 4.74. The van der Waals surface area contributed by atoms with E-state index < -0.39 is 10.0 Å². The molecule has 1 aromatic carbocycles. The number of hydrogen-bond acceptors (Lipinski definition) is 4.